The van der Waals surface area contributed by atoms with Crippen LogP contribution in [-0.4, -0.2) is 24.4 Å². The zero-order valence-electron chi connectivity index (χ0n) is 19.6. The van der Waals surface area contributed by atoms with Crippen LogP contribution in [0, 0.1) is 17.8 Å². The average molecular weight is 397 g/mol. The molecule has 2 heteroatoms. The molecule has 168 valence electrons. The predicted molar refractivity (Wildman–Crippen MR) is 123 cm³/mol. The fraction of sp³-hybridized carbons (Fsp3) is 1.00. The van der Waals surface area contributed by atoms with Crippen LogP contribution >= 0.6 is 0 Å². The van der Waals surface area contributed by atoms with Crippen molar-refractivity contribution < 1.29 is 9.84 Å². The molecule has 28 heavy (non-hydrogen) atoms. The van der Waals surface area contributed by atoms with E-state index in [9.17, 15) is 0 Å². The zero-order chi connectivity index (χ0) is 20.5. The second-order valence-corrected chi connectivity index (χ2v) is 9.91. The zero-order valence-corrected chi connectivity index (χ0v) is 19.6. The van der Waals surface area contributed by atoms with Crippen LogP contribution in [0.3, 0.4) is 0 Å². The first-order valence-corrected chi connectivity index (χ1v) is 12.9. The molecule has 1 fully saturated rings. The maximum Gasteiger partial charge on any atom is 0.0608 e. The summed E-state index contributed by atoms with van der Waals surface area (Å²) in [6.45, 7) is 8.49. The topological polar surface area (TPSA) is 29.5 Å². The lowest BCUT2D eigenvalue weighted by Crippen LogP contribution is -2.34. The lowest BCUT2D eigenvalue weighted by Gasteiger charge is -2.37. The fourth-order valence-corrected chi connectivity index (χ4v) is 4.88. The molecule has 2 nitrogen and oxygen atoms in total. The molecule has 0 bridgehead atoms. The van der Waals surface area contributed by atoms with Crippen molar-refractivity contribution in [2.75, 3.05) is 13.2 Å². The van der Waals surface area contributed by atoms with Crippen LogP contribution in [0.2, 0.25) is 0 Å². The Balaban J connectivity index is 1.84. The second-order valence-electron chi connectivity index (χ2n) is 9.91. The van der Waals surface area contributed by atoms with Crippen LogP contribution in [-0.2, 0) is 4.74 Å². The Morgan fingerprint density at radius 2 is 1.18 bits per heavy atom. The van der Waals surface area contributed by atoms with Gasteiger partial charge < -0.3 is 9.84 Å². The molecule has 1 unspecified atom stereocenters. The Kier molecular flexibility index (Phi) is 16.5. The number of aliphatic hydroxyl groups excluding tert-OH is 1. The van der Waals surface area contributed by atoms with E-state index < -0.39 is 0 Å². The number of hydrogen-bond acceptors (Lipinski definition) is 2. The third-order valence-corrected chi connectivity index (χ3v) is 6.85. The van der Waals surface area contributed by atoms with Gasteiger partial charge in [0.2, 0.25) is 0 Å². The molecule has 0 spiro atoms. The Hall–Kier alpha value is -0.0800. The first-order valence-electron chi connectivity index (χ1n) is 12.9. The quantitative estimate of drug-likeness (QED) is 0.238. The first-order chi connectivity index (χ1) is 13.6. The fourth-order valence-electron chi connectivity index (χ4n) is 4.88. The lowest BCUT2D eigenvalue weighted by atomic mass is 9.75. The van der Waals surface area contributed by atoms with Gasteiger partial charge in [-0.1, -0.05) is 104 Å². The molecule has 1 saturated carbocycles. The Bertz CT molecular complexity index is 328. The highest BCUT2D eigenvalue weighted by molar-refractivity contribution is 4.81. The van der Waals surface area contributed by atoms with Crippen molar-refractivity contribution in [3.8, 4) is 0 Å². The molecule has 3 atom stereocenters. The van der Waals surface area contributed by atoms with E-state index in [2.05, 4.69) is 20.8 Å². The highest BCUT2D eigenvalue weighted by Gasteiger charge is 2.31. The average Bonchev–Trinajstić information content (AvgIpc) is 2.67. The van der Waals surface area contributed by atoms with E-state index in [1.165, 1.54) is 103 Å². The van der Waals surface area contributed by atoms with Gasteiger partial charge in [-0.25, -0.2) is 0 Å². The van der Waals surface area contributed by atoms with Gasteiger partial charge >= 0.3 is 0 Å². The van der Waals surface area contributed by atoms with Crippen LogP contribution in [0.25, 0.3) is 0 Å². The van der Waals surface area contributed by atoms with Gasteiger partial charge in [0.25, 0.3) is 0 Å². The maximum absolute atomic E-state index is 8.75. The van der Waals surface area contributed by atoms with Gasteiger partial charge in [-0.15, -0.1) is 0 Å². The van der Waals surface area contributed by atoms with Crippen molar-refractivity contribution in [2.24, 2.45) is 17.8 Å². The van der Waals surface area contributed by atoms with Crippen molar-refractivity contribution >= 4 is 0 Å². The molecule has 0 amide bonds. The third kappa shape index (κ3) is 13.2. The van der Waals surface area contributed by atoms with E-state index in [1.807, 2.05) is 0 Å². The van der Waals surface area contributed by atoms with Gasteiger partial charge in [-0.3, -0.25) is 0 Å². The summed E-state index contributed by atoms with van der Waals surface area (Å²) in [7, 11) is 0. The molecule has 1 N–H and O–H groups in total. The van der Waals surface area contributed by atoms with Crippen LogP contribution in [0.5, 0.6) is 0 Å². The summed E-state index contributed by atoms with van der Waals surface area (Å²) in [5.41, 5.74) is 0. The summed E-state index contributed by atoms with van der Waals surface area (Å²) in [5, 5.41) is 8.75. The standard InChI is InChI=1S/C26H52O2/c1-23(2)25-19-18-24(3)22-26(25)28-21-17-15-13-11-9-7-5-4-6-8-10-12-14-16-20-27/h23-27H,4-22H2,1-3H3/t24?,25-,26+/m0/s1. The second kappa shape index (κ2) is 17.8. The minimum Gasteiger partial charge on any atom is -0.396 e. The Morgan fingerprint density at radius 1 is 0.714 bits per heavy atom. The summed E-state index contributed by atoms with van der Waals surface area (Å²) in [6, 6.07) is 0. The van der Waals surface area contributed by atoms with Crippen molar-refractivity contribution in [2.45, 2.75) is 136 Å². The highest BCUT2D eigenvalue weighted by atomic mass is 16.5. The predicted octanol–water partition coefficient (Wildman–Crippen LogP) is 7.92. The molecule has 0 aromatic carbocycles. The Labute approximate surface area is 177 Å². The van der Waals surface area contributed by atoms with E-state index in [0.717, 1.165) is 30.8 Å². The molecule has 0 heterocycles. The van der Waals surface area contributed by atoms with Crippen molar-refractivity contribution in [3.63, 3.8) is 0 Å². The van der Waals surface area contributed by atoms with Gasteiger partial charge in [0.15, 0.2) is 0 Å². The maximum atomic E-state index is 8.75. The molecule has 0 radical (unpaired) electrons. The van der Waals surface area contributed by atoms with Gasteiger partial charge in [0.05, 0.1) is 6.10 Å². The van der Waals surface area contributed by atoms with Crippen molar-refractivity contribution in [1.82, 2.24) is 0 Å². The Morgan fingerprint density at radius 3 is 1.64 bits per heavy atom. The van der Waals surface area contributed by atoms with E-state index >= 15 is 0 Å². The van der Waals surface area contributed by atoms with E-state index in [4.69, 9.17) is 9.84 Å². The van der Waals surface area contributed by atoms with E-state index in [-0.39, 0.29) is 0 Å². The molecular formula is C26H52O2. The SMILES string of the molecule is CC1CC[C@@H](C(C)C)[C@H](OCCCCCCCCCCCCCCCCO)C1. The van der Waals surface area contributed by atoms with E-state index in [1.54, 1.807) is 0 Å². The van der Waals surface area contributed by atoms with Crippen LogP contribution in [0.15, 0.2) is 0 Å². The summed E-state index contributed by atoms with van der Waals surface area (Å²) < 4.78 is 6.33. The molecule has 1 rings (SSSR count). The van der Waals surface area contributed by atoms with E-state index in [0.29, 0.717) is 12.7 Å². The molecule has 0 aromatic heterocycles. The molecular weight excluding hydrogens is 344 g/mol. The van der Waals surface area contributed by atoms with Gasteiger partial charge in [-0.2, -0.15) is 0 Å². The minimum absolute atomic E-state index is 0.366. The number of hydrogen-bond donors (Lipinski definition) is 1. The largest absolute Gasteiger partial charge is 0.396 e. The van der Waals surface area contributed by atoms with Gasteiger partial charge in [-0.05, 0) is 43.4 Å². The van der Waals surface area contributed by atoms with Crippen molar-refractivity contribution in [3.05, 3.63) is 0 Å². The molecule has 1 aliphatic carbocycles. The van der Waals surface area contributed by atoms with Crippen LogP contribution in [0.1, 0.15) is 130 Å². The molecule has 1 aliphatic rings. The lowest BCUT2D eigenvalue weighted by molar-refractivity contribution is -0.0394. The molecule has 0 saturated heterocycles. The van der Waals surface area contributed by atoms with Gasteiger partial charge in [0.1, 0.15) is 0 Å². The number of ether oxygens (including phenoxy) is 1. The number of unbranched alkanes of at least 4 members (excludes halogenated alkanes) is 13. The summed E-state index contributed by atoms with van der Waals surface area (Å²) in [4.78, 5) is 0. The third-order valence-electron chi connectivity index (χ3n) is 6.85. The monoisotopic (exact) mass is 396 g/mol. The molecule has 0 aliphatic heterocycles. The summed E-state index contributed by atoms with van der Waals surface area (Å²) in [5.74, 6) is 2.41. The minimum atomic E-state index is 0.366. The smallest absolute Gasteiger partial charge is 0.0608 e. The normalized spacial score (nSPS) is 22.8. The van der Waals surface area contributed by atoms with Crippen molar-refractivity contribution in [1.29, 1.82) is 0 Å². The number of rotatable bonds is 18. The highest BCUT2D eigenvalue weighted by Crippen LogP contribution is 2.35. The van der Waals surface area contributed by atoms with Crippen LogP contribution < -0.4 is 0 Å². The first kappa shape index (κ1) is 26.0. The number of aliphatic hydroxyl groups is 1. The molecule has 0 aromatic rings. The van der Waals surface area contributed by atoms with Gasteiger partial charge in [0, 0.05) is 13.2 Å². The summed E-state index contributed by atoms with van der Waals surface area (Å²) in [6.07, 6.45) is 23.4. The van der Waals surface area contributed by atoms with Crippen LogP contribution in [0.4, 0.5) is 0 Å². The summed E-state index contributed by atoms with van der Waals surface area (Å²) >= 11 is 0.